The van der Waals surface area contributed by atoms with E-state index in [-0.39, 0.29) is 6.04 Å². The normalized spacial score (nSPS) is 15.1. The summed E-state index contributed by atoms with van der Waals surface area (Å²) in [5, 5.41) is 0.665. The van der Waals surface area contributed by atoms with Gasteiger partial charge in [-0.1, -0.05) is 13.8 Å². The molecule has 78 valence electrons. The maximum atomic E-state index is 5.97. The minimum atomic E-state index is 0.00250. The second kappa shape index (κ2) is 5.98. The highest BCUT2D eigenvalue weighted by Gasteiger charge is 2.09. The van der Waals surface area contributed by atoms with Crippen LogP contribution in [0, 0.1) is 0 Å². The lowest BCUT2D eigenvalue weighted by Crippen LogP contribution is -2.16. The molecule has 1 aromatic rings. The molecular weight excluding hydrogens is 194 g/mol. The van der Waals surface area contributed by atoms with Gasteiger partial charge in [0.1, 0.15) is 0 Å². The van der Waals surface area contributed by atoms with Crippen molar-refractivity contribution in [3.8, 4) is 0 Å². The van der Waals surface area contributed by atoms with Crippen LogP contribution in [0.4, 0.5) is 0 Å². The Morgan fingerprint density at radius 3 is 2.86 bits per heavy atom. The van der Waals surface area contributed by atoms with Crippen molar-refractivity contribution < 1.29 is 0 Å². The van der Waals surface area contributed by atoms with Gasteiger partial charge in [-0.05, 0) is 6.42 Å². The fourth-order valence-electron chi connectivity index (χ4n) is 0.973. The van der Waals surface area contributed by atoms with E-state index in [1.807, 2.05) is 11.8 Å². The Morgan fingerprint density at radius 2 is 2.29 bits per heavy atom. The molecule has 4 heteroatoms. The summed E-state index contributed by atoms with van der Waals surface area (Å²) in [4.78, 5) is 8.18. The van der Waals surface area contributed by atoms with Crippen LogP contribution in [-0.4, -0.2) is 21.0 Å². The summed E-state index contributed by atoms with van der Waals surface area (Å²) in [6.07, 6.45) is 6.26. The molecule has 2 N–H and O–H groups in total. The molecule has 0 radical (unpaired) electrons. The van der Waals surface area contributed by atoms with Gasteiger partial charge in [-0.15, -0.1) is 0 Å². The maximum absolute atomic E-state index is 5.97. The van der Waals surface area contributed by atoms with Crippen molar-refractivity contribution in [1.82, 2.24) is 9.97 Å². The number of hydrogen-bond acceptors (Lipinski definition) is 4. The summed E-state index contributed by atoms with van der Waals surface area (Å²) in [7, 11) is 0. The van der Waals surface area contributed by atoms with Crippen molar-refractivity contribution in [1.29, 1.82) is 0 Å². The number of thioether (sulfide) groups is 1. The Morgan fingerprint density at radius 1 is 1.50 bits per heavy atom. The molecule has 1 heterocycles. The fraction of sp³-hybridized carbons (Fsp3) is 0.600. The van der Waals surface area contributed by atoms with E-state index >= 15 is 0 Å². The van der Waals surface area contributed by atoms with Crippen LogP contribution in [0.15, 0.2) is 18.6 Å². The minimum absolute atomic E-state index is 0.00250. The van der Waals surface area contributed by atoms with E-state index in [2.05, 4.69) is 23.8 Å². The highest BCUT2D eigenvalue weighted by atomic mass is 32.2. The highest BCUT2D eigenvalue weighted by Crippen LogP contribution is 2.19. The Balaban J connectivity index is 2.39. The predicted molar refractivity (Wildman–Crippen MR) is 61.2 cm³/mol. The van der Waals surface area contributed by atoms with Gasteiger partial charge in [0.05, 0.1) is 11.7 Å². The van der Waals surface area contributed by atoms with Gasteiger partial charge < -0.3 is 5.73 Å². The molecule has 0 aliphatic carbocycles. The first-order chi connectivity index (χ1) is 6.74. The third-order valence-corrected chi connectivity index (χ3v) is 3.55. The van der Waals surface area contributed by atoms with Crippen LogP contribution in [-0.2, 0) is 0 Å². The summed E-state index contributed by atoms with van der Waals surface area (Å²) in [6.45, 7) is 4.40. The molecule has 14 heavy (non-hydrogen) atoms. The number of aromatic nitrogens is 2. The second-order valence-corrected chi connectivity index (χ2v) is 4.76. The van der Waals surface area contributed by atoms with Crippen LogP contribution in [0.5, 0.6) is 0 Å². The molecule has 1 aromatic heterocycles. The number of nitrogens with two attached hydrogens (primary N) is 1. The van der Waals surface area contributed by atoms with Crippen LogP contribution in [0.1, 0.15) is 32.0 Å². The van der Waals surface area contributed by atoms with Crippen LogP contribution in [0.2, 0.25) is 0 Å². The molecular formula is C10H17N3S. The molecule has 0 aliphatic heterocycles. The first-order valence-corrected chi connectivity index (χ1v) is 5.92. The molecule has 0 aromatic carbocycles. The first-order valence-electron chi connectivity index (χ1n) is 4.87. The van der Waals surface area contributed by atoms with E-state index in [1.165, 1.54) is 6.42 Å². The van der Waals surface area contributed by atoms with E-state index < -0.39 is 0 Å². The Hall–Kier alpha value is -0.610. The van der Waals surface area contributed by atoms with E-state index in [0.717, 1.165) is 11.4 Å². The third-order valence-electron chi connectivity index (χ3n) is 2.10. The molecule has 0 spiro atoms. The zero-order valence-corrected chi connectivity index (χ0v) is 9.50. The second-order valence-electron chi connectivity index (χ2n) is 3.29. The topological polar surface area (TPSA) is 51.8 Å². The largest absolute Gasteiger partial charge is 0.322 e. The molecule has 2 atom stereocenters. The van der Waals surface area contributed by atoms with Crippen LogP contribution in [0.3, 0.4) is 0 Å². The molecule has 1 rings (SSSR count). The van der Waals surface area contributed by atoms with Gasteiger partial charge in [0.25, 0.3) is 0 Å². The SMILES string of the molecule is CCC(C)SCC(N)c1cnccn1. The van der Waals surface area contributed by atoms with Gasteiger partial charge in [0.2, 0.25) is 0 Å². The smallest absolute Gasteiger partial charge is 0.0762 e. The van der Waals surface area contributed by atoms with Crippen molar-refractivity contribution in [3.05, 3.63) is 24.3 Å². The minimum Gasteiger partial charge on any atom is -0.322 e. The molecule has 0 fully saturated rings. The average Bonchev–Trinajstić information content (AvgIpc) is 2.26. The Bertz CT molecular complexity index is 253. The van der Waals surface area contributed by atoms with E-state index in [4.69, 9.17) is 5.73 Å². The summed E-state index contributed by atoms with van der Waals surface area (Å²) < 4.78 is 0. The molecule has 0 amide bonds. The van der Waals surface area contributed by atoms with Crippen molar-refractivity contribution in [2.45, 2.75) is 31.6 Å². The first kappa shape index (κ1) is 11.5. The highest BCUT2D eigenvalue weighted by molar-refractivity contribution is 7.99. The lowest BCUT2D eigenvalue weighted by atomic mass is 10.3. The van der Waals surface area contributed by atoms with Gasteiger partial charge in [-0.2, -0.15) is 11.8 Å². The number of hydrogen-bond donors (Lipinski definition) is 1. The maximum Gasteiger partial charge on any atom is 0.0762 e. The third kappa shape index (κ3) is 3.64. The van der Waals surface area contributed by atoms with Crippen molar-refractivity contribution in [3.63, 3.8) is 0 Å². The summed E-state index contributed by atoms with van der Waals surface area (Å²) in [5.74, 6) is 0.910. The van der Waals surface area contributed by atoms with Crippen LogP contribution in [0.25, 0.3) is 0 Å². The molecule has 0 bridgehead atoms. The number of rotatable bonds is 5. The standard InChI is InChI=1S/C10H17N3S/c1-3-8(2)14-7-9(11)10-6-12-4-5-13-10/h4-6,8-9H,3,7,11H2,1-2H3. The van der Waals surface area contributed by atoms with Gasteiger partial charge in [-0.25, -0.2) is 0 Å². The molecule has 0 saturated carbocycles. The van der Waals surface area contributed by atoms with E-state index in [9.17, 15) is 0 Å². The fourth-order valence-corrected chi connectivity index (χ4v) is 1.92. The predicted octanol–water partition coefficient (Wildman–Crippen LogP) is 2.01. The van der Waals surface area contributed by atoms with Gasteiger partial charge in [0, 0.05) is 29.6 Å². The van der Waals surface area contributed by atoms with Gasteiger partial charge >= 0.3 is 0 Å². The summed E-state index contributed by atoms with van der Waals surface area (Å²) >= 11 is 1.89. The molecule has 3 nitrogen and oxygen atoms in total. The molecule has 2 unspecified atom stereocenters. The number of nitrogens with zero attached hydrogens (tertiary/aromatic N) is 2. The quantitative estimate of drug-likeness (QED) is 0.809. The monoisotopic (exact) mass is 211 g/mol. The van der Waals surface area contributed by atoms with Gasteiger partial charge in [-0.3, -0.25) is 9.97 Å². The zero-order chi connectivity index (χ0) is 10.4. The van der Waals surface area contributed by atoms with E-state index in [0.29, 0.717) is 5.25 Å². The van der Waals surface area contributed by atoms with Crippen LogP contribution >= 0.6 is 11.8 Å². The average molecular weight is 211 g/mol. The van der Waals surface area contributed by atoms with Gasteiger partial charge in [0.15, 0.2) is 0 Å². The van der Waals surface area contributed by atoms with Crippen molar-refractivity contribution in [2.75, 3.05) is 5.75 Å². The van der Waals surface area contributed by atoms with Crippen molar-refractivity contribution >= 4 is 11.8 Å². The molecule has 0 saturated heterocycles. The molecule has 0 aliphatic rings. The van der Waals surface area contributed by atoms with Crippen molar-refractivity contribution in [2.24, 2.45) is 5.73 Å². The lowest BCUT2D eigenvalue weighted by molar-refractivity contribution is 0.778. The summed E-state index contributed by atoms with van der Waals surface area (Å²) in [6, 6.07) is 0.00250. The zero-order valence-electron chi connectivity index (χ0n) is 8.68. The Labute approximate surface area is 89.5 Å². The van der Waals surface area contributed by atoms with E-state index in [1.54, 1.807) is 18.6 Å². The van der Waals surface area contributed by atoms with Crippen LogP contribution < -0.4 is 5.73 Å². The Kier molecular flexibility index (Phi) is 4.90. The lowest BCUT2D eigenvalue weighted by Gasteiger charge is -2.13. The summed E-state index contributed by atoms with van der Waals surface area (Å²) in [5.41, 5.74) is 6.85.